The van der Waals surface area contributed by atoms with Gasteiger partial charge in [-0.3, -0.25) is 4.90 Å². The largest absolute Gasteiger partial charge is 0.573 e. The first-order valence-electron chi connectivity index (χ1n) is 13.6. The number of hydrogen-bond acceptors (Lipinski definition) is 7. The molecule has 0 spiro atoms. The molecule has 202 valence electrons. The maximum absolute atomic E-state index is 12.8. The van der Waals surface area contributed by atoms with Crippen LogP contribution in [0, 0.1) is 34.5 Å². The van der Waals surface area contributed by atoms with Crippen LogP contribution in [-0.4, -0.2) is 46.9 Å². The Morgan fingerprint density at radius 2 is 1.82 bits per heavy atom. The zero-order valence-electron chi connectivity index (χ0n) is 21.3. The maximum atomic E-state index is 12.8. The van der Waals surface area contributed by atoms with Crippen molar-refractivity contribution in [2.24, 2.45) is 23.2 Å². The molecule has 10 heteroatoms. The average Bonchev–Trinajstić information content (AvgIpc) is 3.40. The summed E-state index contributed by atoms with van der Waals surface area (Å²) < 4.78 is 42.4. The lowest BCUT2D eigenvalue weighted by Crippen LogP contribution is -2.60. The van der Waals surface area contributed by atoms with Gasteiger partial charge < -0.3 is 15.4 Å². The van der Waals surface area contributed by atoms with Gasteiger partial charge in [-0.15, -0.1) is 13.2 Å². The molecule has 2 heterocycles. The molecule has 1 unspecified atom stereocenters. The van der Waals surface area contributed by atoms with E-state index >= 15 is 0 Å². The normalized spacial score (nSPS) is 30.3. The fourth-order valence-electron chi connectivity index (χ4n) is 8.02. The molecule has 1 aliphatic heterocycles. The van der Waals surface area contributed by atoms with Crippen LogP contribution in [0.3, 0.4) is 0 Å². The highest BCUT2D eigenvalue weighted by molar-refractivity contribution is 5.53. The van der Waals surface area contributed by atoms with Gasteiger partial charge in [0.15, 0.2) is 0 Å². The van der Waals surface area contributed by atoms with Gasteiger partial charge in [0.2, 0.25) is 5.95 Å². The number of hydrogen-bond donors (Lipinski definition) is 2. The lowest BCUT2D eigenvalue weighted by molar-refractivity contribution is -0.274. The van der Waals surface area contributed by atoms with Gasteiger partial charge in [0.05, 0.1) is 6.20 Å². The third kappa shape index (κ3) is 5.13. The van der Waals surface area contributed by atoms with Crippen molar-refractivity contribution >= 4 is 11.8 Å². The lowest BCUT2D eigenvalue weighted by atomic mass is 9.47. The highest BCUT2D eigenvalue weighted by Gasteiger charge is 2.56. The molecule has 2 N–H and O–H groups in total. The predicted molar refractivity (Wildman–Crippen MR) is 136 cm³/mol. The zero-order valence-corrected chi connectivity index (χ0v) is 21.3. The van der Waals surface area contributed by atoms with Gasteiger partial charge in [0.1, 0.15) is 23.2 Å². The van der Waals surface area contributed by atoms with Crippen LogP contribution in [0.15, 0.2) is 30.5 Å². The number of anilines is 2. The highest BCUT2D eigenvalue weighted by Crippen LogP contribution is 2.61. The molecule has 1 aromatic heterocycles. The molecule has 7 rings (SSSR count). The van der Waals surface area contributed by atoms with Gasteiger partial charge in [0, 0.05) is 24.7 Å². The minimum absolute atomic E-state index is 0.0461. The first kappa shape index (κ1) is 25.2. The highest BCUT2D eigenvalue weighted by atomic mass is 19.4. The van der Waals surface area contributed by atoms with E-state index in [1.807, 2.05) is 0 Å². The molecule has 1 aromatic carbocycles. The van der Waals surface area contributed by atoms with Crippen molar-refractivity contribution in [3.8, 4) is 11.8 Å². The van der Waals surface area contributed by atoms with E-state index in [9.17, 15) is 18.4 Å². The van der Waals surface area contributed by atoms with Crippen LogP contribution < -0.4 is 15.4 Å². The summed E-state index contributed by atoms with van der Waals surface area (Å²) in [4.78, 5) is 11.5. The van der Waals surface area contributed by atoms with Crippen LogP contribution in [0.2, 0.25) is 0 Å². The molecule has 4 aliphatic carbocycles. The first-order valence-corrected chi connectivity index (χ1v) is 13.6. The number of para-hydroxylation sites is 1. The van der Waals surface area contributed by atoms with Crippen LogP contribution in [0.1, 0.15) is 56.1 Å². The summed E-state index contributed by atoms with van der Waals surface area (Å²) in [6.45, 7) is 3.33. The molecule has 4 bridgehead atoms. The van der Waals surface area contributed by atoms with Crippen molar-refractivity contribution in [1.29, 1.82) is 5.26 Å². The van der Waals surface area contributed by atoms with E-state index in [2.05, 4.69) is 36.3 Å². The van der Waals surface area contributed by atoms with Crippen LogP contribution in [-0.2, 0) is 6.54 Å². The number of nitriles is 1. The van der Waals surface area contributed by atoms with E-state index in [0.29, 0.717) is 16.9 Å². The van der Waals surface area contributed by atoms with Crippen molar-refractivity contribution in [2.45, 2.75) is 63.9 Å². The van der Waals surface area contributed by atoms with E-state index in [0.717, 1.165) is 30.3 Å². The Bertz CT molecular complexity index is 1190. The molecule has 0 radical (unpaired) electrons. The van der Waals surface area contributed by atoms with Gasteiger partial charge in [-0.05, 0) is 87.3 Å². The molecule has 5 aliphatic rings. The predicted octanol–water partition coefficient (Wildman–Crippen LogP) is 5.56. The minimum Gasteiger partial charge on any atom is -0.405 e. The first-order chi connectivity index (χ1) is 18.3. The third-order valence-electron chi connectivity index (χ3n) is 9.09. The Balaban J connectivity index is 1.13. The monoisotopic (exact) mass is 526 g/mol. The fraction of sp³-hybridized carbons (Fsp3) is 0.607. The Morgan fingerprint density at radius 1 is 1.08 bits per heavy atom. The summed E-state index contributed by atoms with van der Waals surface area (Å²) in [5.41, 5.74) is 0.913. The lowest BCUT2D eigenvalue weighted by Gasteiger charge is -2.62. The summed E-state index contributed by atoms with van der Waals surface area (Å²) in [6, 6.07) is 8.88. The van der Waals surface area contributed by atoms with Crippen molar-refractivity contribution < 1.29 is 17.9 Å². The number of ether oxygens (including phenoxy) is 1. The third-order valence-corrected chi connectivity index (χ3v) is 9.09. The van der Waals surface area contributed by atoms with E-state index in [-0.39, 0.29) is 23.7 Å². The molecular weight excluding hydrogens is 493 g/mol. The Morgan fingerprint density at radius 3 is 2.53 bits per heavy atom. The summed E-state index contributed by atoms with van der Waals surface area (Å²) in [7, 11) is 0. The number of likely N-dealkylation sites (tertiary alicyclic amines) is 1. The van der Waals surface area contributed by atoms with Crippen LogP contribution in [0.5, 0.6) is 5.75 Å². The van der Waals surface area contributed by atoms with Crippen molar-refractivity contribution in [1.82, 2.24) is 14.9 Å². The summed E-state index contributed by atoms with van der Waals surface area (Å²) in [5.74, 6) is 2.76. The van der Waals surface area contributed by atoms with E-state index in [1.165, 1.54) is 76.4 Å². The summed E-state index contributed by atoms with van der Waals surface area (Å²) in [6.07, 6.45) is 5.72. The summed E-state index contributed by atoms with van der Waals surface area (Å²) >= 11 is 0. The fourth-order valence-corrected chi connectivity index (χ4v) is 8.02. The zero-order chi connectivity index (χ0) is 26.3. The van der Waals surface area contributed by atoms with Crippen LogP contribution in [0.25, 0.3) is 0 Å². The van der Waals surface area contributed by atoms with Gasteiger partial charge in [-0.25, -0.2) is 4.98 Å². The Labute approximate surface area is 220 Å². The Hall–Kier alpha value is -3.06. The van der Waals surface area contributed by atoms with Crippen molar-refractivity contribution in [3.63, 3.8) is 0 Å². The summed E-state index contributed by atoms with van der Waals surface area (Å²) in [5, 5.41) is 16.1. The van der Waals surface area contributed by atoms with Gasteiger partial charge in [0.25, 0.3) is 0 Å². The molecular formula is C28H33F3N6O. The number of rotatable bonds is 8. The minimum atomic E-state index is -4.77. The average molecular weight is 527 g/mol. The smallest absolute Gasteiger partial charge is 0.405 e. The number of benzene rings is 1. The number of nitrogens with one attached hydrogen (secondary N) is 2. The van der Waals surface area contributed by atoms with E-state index in [4.69, 9.17) is 0 Å². The second-order valence-electron chi connectivity index (χ2n) is 11.6. The quantitative estimate of drug-likeness (QED) is 0.466. The second-order valence-corrected chi connectivity index (χ2v) is 11.6. The molecule has 5 fully saturated rings. The standard InChI is InChI=1S/C28H33F3N6O/c29-28(30,31)38-23-6-2-1-5-19(23)15-33-26-34-16-22(14-32)25(36-26)35-17-27-11-18-9-20(12-27)24(21(10-18)13-27)37-7-3-4-8-37/h1-2,5-6,16,18,20-21,24H,3-4,7-13,15,17H2,(H2,33,34,35,36)/t18?,20-,21+,24-,27+. The van der Waals surface area contributed by atoms with E-state index in [1.54, 1.807) is 12.1 Å². The SMILES string of the molecule is N#Cc1cnc(NCc2ccccc2OC(F)(F)F)nc1NC[C@@]12CC3C[C@H](C1)[C@@H](N1CCCC1)[C@@H](C3)C2. The van der Waals surface area contributed by atoms with Gasteiger partial charge in [-0.1, -0.05) is 18.2 Å². The second kappa shape index (κ2) is 9.92. The number of nitrogens with zero attached hydrogens (tertiary/aromatic N) is 4. The maximum Gasteiger partial charge on any atom is 0.573 e. The number of halogens is 3. The van der Waals surface area contributed by atoms with Crippen LogP contribution in [0.4, 0.5) is 24.9 Å². The van der Waals surface area contributed by atoms with E-state index < -0.39 is 6.36 Å². The topological polar surface area (TPSA) is 86.1 Å². The molecule has 5 atom stereocenters. The van der Waals surface area contributed by atoms with Gasteiger partial charge in [-0.2, -0.15) is 10.2 Å². The molecule has 4 saturated carbocycles. The molecule has 0 amide bonds. The van der Waals surface area contributed by atoms with Gasteiger partial charge >= 0.3 is 6.36 Å². The molecule has 38 heavy (non-hydrogen) atoms. The van der Waals surface area contributed by atoms with Crippen LogP contribution >= 0.6 is 0 Å². The molecule has 2 aromatic rings. The number of aromatic nitrogens is 2. The molecule has 7 nitrogen and oxygen atoms in total. The molecule has 1 saturated heterocycles. The Kier molecular flexibility index (Phi) is 6.58. The number of alkyl halides is 3. The van der Waals surface area contributed by atoms with Crippen molar-refractivity contribution in [3.05, 3.63) is 41.6 Å². The van der Waals surface area contributed by atoms with Crippen molar-refractivity contribution in [2.75, 3.05) is 30.3 Å².